The normalized spacial score (nSPS) is 19.1. The van der Waals surface area contributed by atoms with E-state index in [0.717, 1.165) is 25.1 Å². The molecule has 2 atom stereocenters. The van der Waals surface area contributed by atoms with Gasteiger partial charge in [-0.2, -0.15) is 0 Å². The molecular weight excluding hydrogens is 398 g/mol. The zero-order valence-electron chi connectivity index (χ0n) is 19.3. The SMILES string of the molecule is CC(C)(C)C(=O)OCc1ccc(C2CCNCC2OCc2ccc3ccccc3c2)cc1. The number of ether oxygens (including phenoxy) is 2. The van der Waals surface area contributed by atoms with Crippen LogP contribution in [0.25, 0.3) is 10.8 Å². The average molecular weight is 432 g/mol. The highest BCUT2D eigenvalue weighted by Gasteiger charge is 2.27. The zero-order valence-corrected chi connectivity index (χ0v) is 19.3. The molecule has 32 heavy (non-hydrogen) atoms. The Morgan fingerprint density at radius 1 is 0.938 bits per heavy atom. The van der Waals surface area contributed by atoms with Gasteiger partial charge < -0.3 is 14.8 Å². The van der Waals surface area contributed by atoms with E-state index in [1.54, 1.807) is 0 Å². The van der Waals surface area contributed by atoms with E-state index >= 15 is 0 Å². The van der Waals surface area contributed by atoms with E-state index in [9.17, 15) is 4.79 Å². The molecule has 0 aliphatic carbocycles. The molecule has 1 aliphatic heterocycles. The van der Waals surface area contributed by atoms with Crippen LogP contribution in [0.1, 0.15) is 49.8 Å². The van der Waals surface area contributed by atoms with Gasteiger partial charge in [0.1, 0.15) is 6.61 Å². The van der Waals surface area contributed by atoms with Crippen LogP contribution in [0.3, 0.4) is 0 Å². The van der Waals surface area contributed by atoms with Gasteiger partial charge >= 0.3 is 5.97 Å². The minimum Gasteiger partial charge on any atom is -0.460 e. The number of piperidine rings is 1. The van der Waals surface area contributed by atoms with Crippen molar-refractivity contribution in [1.29, 1.82) is 0 Å². The first kappa shape index (κ1) is 22.5. The Hall–Kier alpha value is -2.69. The summed E-state index contributed by atoms with van der Waals surface area (Å²) in [6.07, 6.45) is 1.17. The fraction of sp³-hybridized carbons (Fsp3) is 0.393. The Morgan fingerprint density at radius 2 is 1.66 bits per heavy atom. The van der Waals surface area contributed by atoms with Crippen molar-refractivity contribution in [1.82, 2.24) is 5.32 Å². The van der Waals surface area contributed by atoms with Crippen molar-refractivity contribution in [2.24, 2.45) is 5.41 Å². The quantitative estimate of drug-likeness (QED) is 0.517. The molecule has 0 saturated carbocycles. The lowest BCUT2D eigenvalue weighted by molar-refractivity contribution is -0.154. The summed E-state index contributed by atoms with van der Waals surface area (Å²) in [4.78, 5) is 12.0. The summed E-state index contributed by atoms with van der Waals surface area (Å²) >= 11 is 0. The zero-order chi connectivity index (χ0) is 22.6. The monoisotopic (exact) mass is 431 g/mol. The van der Waals surface area contributed by atoms with Gasteiger partial charge in [-0.1, -0.05) is 60.7 Å². The molecule has 0 aromatic heterocycles. The second-order valence-electron chi connectivity index (χ2n) is 9.70. The molecule has 1 fully saturated rings. The largest absolute Gasteiger partial charge is 0.460 e. The molecule has 1 heterocycles. The van der Waals surface area contributed by atoms with Gasteiger partial charge in [0.05, 0.1) is 18.1 Å². The molecule has 1 N–H and O–H groups in total. The highest BCUT2D eigenvalue weighted by molar-refractivity contribution is 5.82. The molecule has 4 heteroatoms. The molecule has 0 bridgehead atoms. The number of rotatable bonds is 6. The van der Waals surface area contributed by atoms with Crippen molar-refractivity contribution < 1.29 is 14.3 Å². The van der Waals surface area contributed by atoms with Crippen LogP contribution in [0.4, 0.5) is 0 Å². The first-order valence-electron chi connectivity index (χ1n) is 11.5. The molecule has 4 nitrogen and oxygen atoms in total. The van der Waals surface area contributed by atoms with E-state index in [4.69, 9.17) is 9.47 Å². The lowest BCUT2D eigenvalue weighted by Crippen LogP contribution is -2.40. The van der Waals surface area contributed by atoms with Gasteiger partial charge in [-0.05, 0) is 67.3 Å². The number of carbonyl (C=O) groups is 1. The van der Waals surface area contributed by atoms with Crippen LogP contribution in [-0.2, 0) is 27.5 Å². The van der Waals surface area contributed by atoms with Gasteiger partial charge in [0.2, 0.25) is 0 Å². The Bertz CT molecular complexity index is 1050. The summed E-state index contributed by atoms with van der Waals surface area (Å²) in [7, 11) is 0. The van der Waals surface area contributed by atoms with Gasteiger partial charge in [0.15, 0.2) is 0 Å². The molecule has 3 aromatic rings. The molecular formula is C28H33NO3. The summed E-state index contributed by atoms with van der Waals surface area (Å²) in [5, 5.41) is 5.97. The molecule has 1 aliphatic rings. The van der Waals surface area contributed by atoms with Gasteiger partial charge in [0.25, 0.3) is 0 Å². The summed E-state index contributed by atoms with van der Waals surface area (Å²) < 4.78 is 11.8. The smallest absolute Gasteiger partial charge is 0.311 e. The summed E-state index contributed by atoms with van der Waals surface area (Å²) in [5.74, 6) is 0.171. The third-order valence-corrected chi connectivity index (χ3v) is 6.09. The molecule has 2 unspecified atom stereocenters. The maximum Gasteiger partial charge on any atom is 0.311 e. The predicted octanol–water partition coefficient (Wildman–Crippen LogP) is 5.59. The maximum atomic E-state index is 12.0. The number of hydrogen-bond acceptors (Lipinski definition) is 4. The second kappa shape index (κ2) is 9.85. The lowest BCUT2D eigenvalue weighted by atomic mass is 9.87. The van der Waals surface area contributed by atoms with E-state index in [1.807, 2.05) is 20.8 Å². The number of benzene rings is 3. The van der Waals surface area contributed by atoms with E-state index in [1.165, 1.54) is 21.9 Å². The van der Waals surface area contributed by atoms with Crippen molar-refractivity contribution in [2.75, 3.05) is 13.1 Å². The molecule has 4 rings (SSSR count). The van der Waals surface area contributed by atoms with Gasteiger partial charge in [-0.3, -0.25) is 4.79 Å². The second-order valence-corrected chi connectivity index (χ2v) is 9.70. The molecule has 0 amide bonds. The van der Waals surface area contributed by atoms with E-state index in [2.05, 4.69) is 72.0 Å². The molecule has 168 valence electrons. The predicted molar refractivity (Wildman–Crippen MR) is 128 cm³/mol. The number of carbonyl (C=O) groups excluding carboxylic acids is 1. The molecule has 1 saturated heterocycles. The van der Waals surface area contributed by atoms with Crippen LogP contribution in [0.5, 0.6) is 0 Å². The van der Waals surface area contributed by atoms with E-state index in [0.29, 0.717) is 19.1 Å². The van der Waals surface area contributed by atoms with Crippen molar-refractivity contribution in [3.63, 3.8) is 0 Å². The topological polar surface area (TPSA) is 47.6 Å². The third-order valence-electron chi connectivity index (χ3n) is 6.09. The maximum absolute atomic E-state index is 12.0. The number of hydrogen-bond donors (Lipinski definition) is 1. The van der Waals surface area contributed by atoms with Crippen LogP contribution in [-0.4, -0.2) is 25.2 Å². The summed E-state index contributed by atoms with van der Waals surface area (Å²) in [6.45, 7) is 8.36. The summed E-state index contributed by atoms with van der Waals surface area (Å²) in [6, 6.07) is 23.4. The molecule has 0 radical (unpaired) electrons. The molecule has 0 spiro atoms. The lowest BCUT2D eigenvalue weighted by Gasteiger charge is -2.32. The van der Waals surface area contributed by atoms with Crippen molar-refractivity contribution >= 4 is 16.7 Å². The first-order chi connectivity index (χ1) is 15.4. The van der Waals surface area contributed by atoms with Gasteiger partial charge in [-0.25, -0.2) is 0 Å². The van der Waals surface area contributed by atoms with Gasteiger partial charge in [-0.15, -0.1) is 0 Å². The Kier molecular flexibility index (Phi) is 6.92. The van der Waals surface area contributed by atoms with Crippen LogP contribution in [0.15, 0.2) is 66.7 Å². The van der Waals surface area contributed by atoms with Crippen molar-refractivity contribution in [3.05, 3.63) is 83.4 Å². The Balaban J connectivity index is 1.38. The fourth-order valence-corrected chi connectivity index (χ4v) is 4.14. The van der Waals surface area contributed by atoms with E-state index in [-0.39, 0.29) is 12.1 Å². The molecule has 3 aromatic carbocycles. The van der Waals surface area contributed by atoms with Crippen LogP contribution >= 0.6 is 0 Å². The number of nitrogens with one attached hydrogen (secondary N) is 1. The van der Waals surface area contributed by atoms with Crippen LogP contribution < -0.4 is 5.32 Å². The van der Waals surface area contributed by atoms with Crippen molar-refractivity contribution in [3.8, 4) is 0 Å². The average Bonchev–Trinajstić information content (AvgIpc) is 2.81. The number of esters is 1. The summed E-state index contributed by atoms with van der Waals surface area (Å²) in [5.41, 5.74) is 3.00. The Labute approximate surface area is 190 Å². The highest BCUT2D eigenvalue weighted by atomic mass is 16.5. The number of fused-ring (bicyclic) bond motifs is 1. The fourth-order valence-electron chi connectivity index (χ4n) is 4.14. The van der Waals surface area contributed by atoms with Crippen molar-refractivity contribution in [2.45, 2.75) is 52.4 Å². The minimum absolute atomic E-state index is 0.125. The van der Waals surface area contributed by atoms with Crippen LogP contribution in [0, 0.1) is 5.41 Å². The highest BCUT2D eigenvalue weighted by Crippen LogP contribution is 2.29. The van der Waals surface area contributed by atoms with E-state index < -0.39 is 5.41 Å². The first-order valence-corrected chi connectivity index (χ1v) is 11.5. The Morgan fingerprint density at radius 3 is 2.41 bits per heavy atom. The minimum atomic E-state index is -0.482. The third kappa shape index (κ3) is 5.56. The standard InChI is InChI=1S/C28H33NO3/c1-28(2,3)27(30)32-18-20-8-12-23(13-9-20)25-14-15-29-17-26(25)31-19-21-10-11-22-6-4-5-7-24(22)16-21/h4-13,16,25-26,29H,14-15,17-19H2,1-3H3. The van der Waals surface area contributed by atoms with Crippen LogP contribution in [0.2, 0.25) is 0 Å². The van der Waals surface area contributed by atoms with Gasteiger partial charge in [0, 0.05) is 12.5 Å².